The highest BCUT2D eigenvalue weighted by Crippen LogP contribution is 2.53. The van der Waals surface area contributed by atoms with E-state index in [1.807, 2.05) is 25.7 Å². The van der Waals surface area contributed by atoms with Gasteiger partial charge in [0.25, 0.3) is 0 Å². The minimum Gasteiger partial charge on any atom is -0.444 e. The maximum Gasteiger partial charge on any atom is 0.407 e. The van der Waals surface area contributed by atoms with Crippen LogP contribution in [0.25, 0.3) is 0 Å². The van der Waals surface area contributed by atoms with Gasteiger partial charge in [0.2, 0.25) is 0 Å². The van der Waals surface area contributed by atoms with Gasteiger partial charge < -0.3 is 20.3 Å². The Morgan fingerprint density at radius 1 is 1.04 bits per heavy atom. The minimum atomic E-state index is -0.482. The zero-order valence-corrected chi connectivity index (χ0v) is 17.0. The number of likely N-dealkylation sites (tertiary alicyclic amines) is 1. The molecule has 4 aliphatic carbocycles. The van der Waals surface area contributed by atoms with Crippen molar-refractivity contribution in [2.24, 2.45) is 29.6 Å². The smallest absolute Gasteiger partial charge is 0.407 e. The van der Waals surface area contributed by atoms with Crippen LogP contribution in [0.3, 0.4) is 0 Å². The van der Waals surface area contributed by atoms with E-state index in [1.54, 1.807) is 0 Å². The molecule has 4 bridgehead atoms. The van der Waals surface area contributed by atoms with Crippen LogP contribution >= 0.6 is 0 Å². The van der Waals surface area contributed by atoms with Crippen LogP contribution in [-0.4, -0.2) is 48.3 Å². The first kappa shape index (κ1) is 18.9. The van der Waals surface area contributed by atoms with Crippen LogP contribution in [0, 0.1) is 29.6 Å². The molecule has 4 saturated carbocycles. The van der Waals surface area contributed by atoms with Gasteiger partial charge in [0.15, 0.2) is 0 Å². The van der Waals surface area contributed by atoms with Gasteiger partial charge in [-0.3, -0.25) is 0 Å². The Labute approximate surface area is 162 Å². The lowest BCUT2D eigenvalue weighted by molar-refractivity contribution is -0.0108. The lowest BCUT2D eigenvalue weighted by Gasteiger charge is -2.54. The van der Waals surface area contributed by atoms with Gasteiger partial charge in [0.1, 0.15) is 5.60 Å². The number of nitrogens with zero attached hydrogens (tertiary/aromatic N) is 1. The van der Waals surface area contributed by atoms with Crippen molar-refractivity contribution in [3.63, 3.8) is 0 Å². The van der Waals surface area contributed by atoms with Gasteiger partial charge in [0, 0.05) is 25.7 Å². The molecule has 5 rings (SSSR count). The molecular formula is C21H35N3O3. The topological polar surface area (TPSA) is 70.7 Å². The zero-order chi connectivity index (χ0) is 19.2. The third-order valence-electron chi connectivity index (χ3n) is 7.02. The molecule has 3 amide bonds. The Kier molecular flexibility index (Phi) is 5.02. The number of carbonyl (C=O) groups excluding carboxylic acids is 2. The van der Waals surface area contributed by atoms with Gasteiger partial charge in [-0.05, 0) is 88.9 Å². The highest BCUT2D eigenvalue weighted by molar-refractivity contribution is 5.75. The molecule has 0 aromatic rings. The summed E-state index contributed by atoms with van der Waals surface area (Å²) >= 11 is 0. The van der Waals surface area contributed by atoms with E-state index in [1.165, 1.54) is 32.1 Å². The molecule has 1 aliphatic heterocycles. The van der Waals surface area contributed by atoms with E-state index in [0.717, 1.165) is 31.3 Å². The number of amides is 3. The number of carbonyl (C=O) groups is 2. The van der Waals surface area contributed by atoms with Gasteiger partial charge in [-0.2, -0.15) is 0 Å². The van der Waals surface area contributed by atoms with Crippen molar-refractivity contribution in [3.05, 3.63) is 0 Å². The molecule has 1 saturated heterocycles. The standard InChI is InChI=1S/C21H35N3O3/c1-21(2,3)27-20(26)22-11-13-4-5-24(12-13)19(25)23-18-16-7-14-6-15(9-16)10-17(18)8-14/h13-18H,4-12H2,1-3H3,(H,22,26)(H,23,25)/t13-,14?,15?,16?,17?,18?/m0/s1. The van der Waals surface area contributed by atoms with Gasteiger partial charge in [-0.15, -0.1) is 0 Å². The summed E-state index contributed by atoms with van der Waals surface area (Å²) in [6.07, 6.45) is 7.28. The molecule has 152 valence electrons. The van der Waals surface area contributed by atoms with Crippen LogP contribution in [-0.2, 0) is 4.74 Å². The first-order chi connectivity index (χ1) is 12.8. The first-order valence-electron chi connectivity index (χ1n) is 10.8. The molecule has 27 heavy (non-hydrogen) atoms. The highest BCUT2D eigenvalue weighted by atomic mass is 16.6. The van der Waals surface area contributed by atoms with Crippen molar-refractivity contribution in [2.45, 2.75) is 70.9 Å². The second kappa shape index (κ2) is 7.17. The number of urea groups is 1. The van der Waals surface area contributed by atoms with E-state index < -0.39 is 5.60 Å². The van der Waals surface area contributed by atoms with Crippen molar-refractivity contribution in [1.29, 1.82) is 0 Å². The number of hydrogen-bond donors (Lipinski definition) is 2. The van der Waals surface area contributed by atoms with Gasteiger partial charge >= 0.3 is 12.1 Å². The van der Waals surface area contributed by atoms with Crippen molar-refractivity contribution >= 4 is 12.1 Å². The fraction of sp³-hybridized carbons (Fsp3) is 0.905. The van der Waals surface area contributed by atoms with Crippen LogP contribution < -0.4 is 10.6 Å². The quantitative estimate of drug-likeness (QED) is 0.792. The second-order valence-electron chi connectivity index (χ2n) is 10.4. The summed E-state index contributed by atoms with van der Waals surface area (Å²) in [6, 6.07) is 0.497. The first-order valence-corrected chi connectivity index (χ1v) is 10.8. The van der Waals surface area contributed by atoms with E-state index in [9.17, 15) is 9.59 Å². The SMILES string of the molecule is CC(C)(C)OC(=O)NC[C@@H]1CCN(C(=O)NC2C3CC4CC(C3)CC2C4)C1. The van der Waals surface area contributed by atoms with Crippen molar-refractivity contribution < 1.29 is 14.3 Å². The zero-order valence-electron chi connectivity index (χ0n) is 17.0. The average Bonchev–Trinajstić information content (AvgIpc) is 3.03. The average molecular weight is 378 g/mol. The largest absolute Gasteiger partial charge is 0.444 e. The molecule has 6 nitrogen and oxygen atoms in total. The maximum atomic E-state index is 12.8. The summed E-state index contributed by atoms with van der Waals surface area (Å²) in [5.41, 5.74) is -0.482. The Morgan fingerprint density at radius 3 is 2.26 bits per heavy atom. The van der Waals surface area contributed by atoms with Crippen molar-refractivity contribution in [3.8, 4) is 0 Å². The van der Waals surface area contributed by atoms with Crippen LogP contribution in [0.4, 0.5) is 9.59 Å². The van der Waals surface area contributed by atoms with Gasteiger partial charge in [0.05, 0.1) is 0 Å². The minimum absolute atomic E-state index is 0.104. The molecule has 2 N–H and O–H groups in total. The van der Waals surface area contributed by atoms with E-state index >= 15 is 0 Å². The number of hydrogen-bond acceptors (Lipinski definition) is 3. The van der Waals surface area contributed by atoms with Crippen molar-refractivity contribution in [1.82, 2.24) is 15.5 Å². The second-order valence-corrected chi connectivity index (χ2v) is 10.4. The molecule has 0 aromatic heterocycles. The summed E-state index contributed by atoms with van der Waals surface area (Å²) in [4.78, 5) is 26.6. The predicted octanol–water partition coefficient (Wildman–Crippen LogP) is 3.37. The van der Waals surface area contributed by atoms with Crippen molar-refractivity contribution in [2.75, 3.05) is 19.6 Å². The summed E-state index contributed by atoms with van der Waals surface area (Å²) in [5, 5.41) is 6.24. The molecule has 0 radical (unpaired) electrons. The Balaban J connectivity index is 1.22. The van der Waals surface area contributed by atoms with Crippen LogP contribution in [0.15, 0.2) is 0 Å². The molecule has 5 fully saturated rings. The normalized spacial score (nSPS) is 37.4. The molecule has 6 heteroatoms. The van der Waals surface area contributed by atoms with E-state index in [2.05, 4.69) is 10.6 Å². The summed E-state index contributed by atoms with van der Waals surface area (Å²) < 4.78 is 5.28. The number of rotatable bonds is 3. The van der Waals surface area contributed by atoms with E-state index in [4.69, 9.17) is 4.74 Å². The summed E-state index contributed by atoms with van der Waals surface area (Å²) in [7, 11) is 0. The lowest BCUT2D eigenvalue weighted by Crippen LogP contribution is -2.57. The molecule has 1 atom stereocenters. The van der Waals surface area contributed by atoms with Crippen LogP contribution in [0.1, 0.15) is 59.3 Å². The predicted molar refractivity (Wildman–Crippen MR) is 103 cm³/mol. The summed E-state index contributed by atoms with van der Waals surface area (Å²) in [5.74, 6) is 3.57. The van der Waals surface area contributed by atoms with Gasteiger partial charge in [-0.1, -0.05) is 0 Å². The Bertz CT molecular complexity index is 558. The Morgan fingerprint density at radius 2 is 1.67 bits per heavy atom. The lowest BCUT2D eigenvalue weighted by atomic mass is 9.54. The monoisotopic (exact) mass is 377 g/mol. The highest BCUT2D eigenvalue weighted by Gasteiger charge is 2.49. The number of ether oxygens (including phenoxy) is 1. The Hall–Kier alpha value is -1.46. The molecule has 0 aromatic carbocycles. The van der Waals surface area contributed by atoms with E-state index in [-0.39, 0.29) is 12.1 Å². The third kappa shape index (κ3) is 4.35. The van der Waals surface area contributed by atoms with Crippen LogP contribution in [0.5, 0.6) is 0 Å². The maximum absolute atomic E-state index is 12.8. The molecule has 0 spiro atoms. The molecule has 5 aliphatic rings. The van der Waals surface area contributed by atoms with Gasteiger partial charge in [-0.25, -0.2) is 9.59 Å². The fourth-order valence-corrected chi connectivity index (χ4v) is 6.12. The van der Waals surface area contributed by atoms with Crippen LogP contribution in [0.2, 0.25) is 0 Å². The molecule has 0 unspecified atom stereocenters. The molecular weight excluding hydrogens is 342 g/mol. The number of nitrogens with one attached hydrogen (secondary N) is 2. The summed E-state index contributed by atoms with van der Waals surface area (Å²) in [6.45, 7) is 7.64. The fourth-order valence-electron chi connectivity index (χ4n) is 6.12. The molecule has 1 heterocycles. The number of alkyl carbamates (subject to hydrolysis) is 1. The van der Waals surface area contributed by atoms with E-state index in [0.29, 0.717) is 30.3 Å². The third-order valence-corrected chi connectivity index (χ3v) is 7.02.